The summed E-state index contributed by atoms with van der Waals surface area (Å²) >= 11 is 0. The molecular weight excluding hydrogens is 212 g/mol. The van der Waals surface area contributed by atoms with Gasteiger partial charge in [-0.3, -0.25) is 4.79 Å². The fourth-order valence-electron chi connectivity index (χ4n) is 2.27. The van der Waals surface area contributed by atoms with Crippen LogP contribution in [0.5, 0.6) is 0 Å². The first-order valence-electron chi connectivity index (χ1n) is 6.82. The highest BCUT2D eigenvalue weighted by atomic mass is 16.2. The molecule has 0 spiro atoms. The Balaban J connectivity index is 2.31. The zero-order chi connectivity index (χ0) is 13.1. The average Bonchev–Trinajstić information content (AvgIpc) is 2.25. The Kier molecular flexibility index (Phi) is 4.99. The second-order valence-corrected chi connectivity index (χ2v) is 6.57. The summed E-state index contributed by atoms with van der Waals surface area (Å²) in [4.78, 5) is 14.0. The lowest BCUT2D eigenvalue weighted by atomic mass is 9.87. The monoisotopic (exact) mass is 240 g/mol. The van der Waals surface area contributed by atoms with E-state index in [9.17, 15) is 4.79 Å². The van der Waals surface area contributed by atoms with E-state index < -0.39 is 0 Å². The van der Waals surface area contributed by atoms with Crippen molar-refractivity contribution >= 4 is 5.91 Å². The van der Waals surface area contributed by atoms with Crippen LogP contribution in [0.3, 0.4) is 0 Å². The van der Waals surface area contributed by atoms with Gasteiger partial charge in [0.15, 0.2) is 0 Å². The predicted molar refractivity (Wildman–Crippen MR) is 71.9 cm³/mol. The Hall–Kier alpha value is -0.570. The predicted octanol–water partition coefficient (Wildman–Crippen LogP) is 2.27. The molecule has 0 aromatic rings. The van der Waals surface area contributed by atoms with Crippen LogP contribution in [0.4, 0.5) is 0 Å². The Bertz CT molecular complexity index is 247. The number of rotatable bonds is 3. The quantitative estimate of drug-likeness (QED) is 0.821. The summed E-state index contributed by atoms with van der Waals surface area (Å²) in [5, 5.41) is 3.26. The molecule has 0 radical (unpaired) electrons. The fourth-order valence-corrected chi connectivity index (χ4v) is 2.27. The van der Waals surface area contributed by atoms with E-state index in [1.165, 1.54) is 12.8 Å². The van der Waals surface area contributed by atoms with E-state index in [4.69, 9.17) is 0 Å². The summed E-state index contributed by atoms with van der Waals surface area (Å²) in [5.41, 5.74) is 0.0198. The van der Waals surface area contributed by atoms with Crippen molar-refractivity contribution in [3.05, 3.63) is 0 Å². The van der Waals surface area contributed by atoms with Gasteiger partial charge in [0, 0.05) is 18.6 Å². The topological polar surface area (TPSA) is 32.3 Å². The highest BCUT2D eigenvalue weighted by Crippen LogP contribution is 2.24. The van der Waals surface area contributed by atoms with Crippen LogP contribution in [0.2, 0.25) is 0 Å². The number of amides is 1. The fraction of sp³-hybridized carbons (Fsp3) is 0.929. The van der Waals surface area contributed by atoms with E-state index in [1.807, 2.05) is 4.90 Å². The van der Waals surface area contributed by atoms with Crippen molar-refractivity contribution in [2.75, 3.05) is 19.6 Å². The molecule has 1 fully saturated rings. The van der Waals surface area contributed by atoms with Gasteiger partial charge in [-0.2, -0.15) is 0 Å². The number of carbonyl (C=O) groups excluding carboxylic acids is 1. The first kappa shape index (κ1) is 14.5. The largest absolute Gasteiger partial charge is 0.342 e. The van der Waals surface area contributed by atoms with Gasteiger partial charge in [0.2, 0.25) is 5.91 Å². The molecule has 17 heavy (non-hydrogen) atoms. The van der Waals surface area contributed by atoms with E-state index in [0.717, 1.165) is 24.9 Å². The van der Waals surface area contributed by atoms with Crippen LogP contribution in [0.1, 0.15) is 47.5 Å². The van der Waals surface area contributed by atoms with Crippen molar-refractivity contribution in [2.45, 2.75) is 53.0 Å². The van der Waals surface area contributed by atoms with Gasteiger partial charge >= 0.3 is 0 Å². The summed E-state index contributed by atoms with van der Waals surface area (Å²) in [5.74, 6) is 1.80. The third-order valence-electron chi connectivity index (χ3n) is 3.61. The van der Waals surface area contributed by atoms with Crippen molar-refractivity contribution in [1.82, 2.24) is 10.2 Å². The lowest BCUT2D eigenvalue weighted by Crippen LogP contribution is -2.47. The minimum absolute atomic E-state index is 0.0198. The molecule has 1 saturated heterocycles. The first-order valence-corrected chi connectivity index (χ1v) is 6.82. The van der Waals surface area contributed by atoms with Crippen molar-refractivity contribution in [3.63, 3.8) is 0 Å². The summed E-state index contributed by atoms with van der Waals surface area (Å²) in [6.45, 7) is 13.2. The van der Waals surface area contributed by atoms with Crippen LogP contribution in [-0.2, 0) is 4.79 Å². The molecule has 0 bridgehead atoms. The second kappa shape index (κ2) is 5.85. The van der Waals surface area contributed by atoms with Gasteiger partial charge in [-0.25, -0.2) is 0 Å². The molecule has 0 atom stereocenters. The molecular formula is C14H28N2O. The molecule has 1 aliphatic heterocycles. The maximum atomic E-state index is 12.0. The normalized spacial score (nSPS) is 18.8. The zero-order valence-electron chi connectivity index (χ0n) is 12.0. The molecule has 3 nitrogen and oxygen atoms in total. The third-order valence-corrected chi connectivity index (χ3v) is 3.61. The molecule has 0 aromatic heterocycles. The molecule has 0 aromatic carbocycles. The number of piperidine rings is 1. The second-order valence-electron chi connectivity index (χ2n) is 6.57. The number of likely N-dealkylation sites (tertiary alicyclic amines) is 1. The van der Waals surface area contributed by atoms with Gasteiger partial charge in [0.25, 0.3) is 0 Å². The zero-order valence-corrected chi connectivity index (χ0v) is 12.0. The molecule has 1 N–H and O–H groups in total. The lowest BCUT2D eigenvalue weighted by molar-refractivity contribution is -0.132. The van der Waals surface area contributed by atoms with Gasteiger partial charge in [0.05, 0.1) is 6.54 Å². The maximum Gasteiger partial charge on any atom is 0.236 e. The Morgan fingerprint density at radius 3 is 2.24 bits per heavy atom. The van der Waals surface area contributed by atoms with Gasteiger partial charge in [-0.05, 0) is 45.4 Å². The SMILES string of the molecule is CC(C)C1CCN(C(=O)CNC(C)(C)C)CC1. The number of nitrogens with zero attached hydrogens (tertiary/aromatic N) is 1. The molecule has 3 heteroatoms. The summed E-state index contributed by atoms with van der Waals surface area (Å²) in [6, 6.07) is 0. The van der Waals surface area contributed by atoms with E-state index in [1.54, 1.807) is 0 Å². The summed E-state index contributed by atoms with van der Waals surface area (Å²) in [6.07, 6.45) is 2.33. The Morgan fingerprint density at radius 2 is 1.82 bits per heavy atom. The van der Waals surface area contributed by atoms with Crippen molar-refractivity contribution in [3.8, 4) is 0 Å². The van der Waals surface area contributed by atoms with E-state index >= 15 is 0 Å². The number of hydrogen-bond acceptors (Lipinski definition) is 2. The number of carbonyl (C=O) groups is 1. The van der Waals surface area contributed by atoms with Crippen molar-refractivity contribution in [1.29, 1.82) is 0 Å². The number of nitrogens with one attached hydrogen (secondary N) is 1. The van der Waals surface area contributed by atoms with Crippen LogP contribution >= 0.6 is 0 Å². The Morgan fingerprint density at radius 1 is 1.29 bits per heavy atom. The summed E-state index contributed by atoms with van der Waals surface area (Å²) < 4.78 is 0. The van der Waals surface area contributed by atoms with Gasteiger partial charge in [0.1, 0.15) is 0 Å². The van der Waals surface area contributed by atoms with Crippen LogP contribution in [0.15, 0.2) is 0 Å². The molecule has 0 saturated carbocycles. The summed E-state index contributed by atoms with van der Waals surface area (Å²) in [7, 11) is 0. The van der Waals surface area contributed by atoms with E-state index in [2.05, 4.69) is 39.9 Å². The van der Waals surface area contributed by atoms with Crippen LogP contribution in [-0.4, -0.2) is 36.0 Å². The molecule has 0 unspecified atom stereocenters. The molecule has 100 valence electrons. The maximum absolute atomic E-state index is 12.0. The standard InChI is InChI=1S/C14H28N2O/c1-11(2)12-6-8-16(9-7-12)13(17)10-15-14(3,4)5/h11-12,15H,6-10H2,1-5H3. The smallest absolute Gasteiger partial charge is 0.236 e. The lowest BCUT2D eigenvalue weighted by Gasteiger charge is -2.34. The van der Waals surface area contributed by atoms with Gasteiger partial charge in [-0.1, -0.05) is 13.8 Å². The molecule has 1 amide bonds. The minimum Gasteiger partial charge on any atom is -0.342 e. The molecule has 0 aliphatic carbocycles. The van der Waals surface area contributed by atoms with Crippen molar-refractivity contribution in [2.24, 2.45) is 11.8 Å². The number of hydrogen-bond donors (Lipinski definition) is 1. The first-order chi connectivity index (χ1) is 7.79. The molecule has 1 aliphatic rings. The third kappa shape index (κ3) is 5.07. The van der Waals surface area contributed by atoms with Crippen LogP contribution < -0.4 is 5.32 Å². The van der Waals surface area contributed by atoms with E-state index in [-0.39, 0.29) is 11.4 Å². The van der Waals surface area contributed by atoms with Gasteiger partial charge < -0.3 is 10.2 Å². The molecule has 1 rings (SSSR count). The highest BCUT2D eigenvalue weighted by molar-refractivity contribution is 5.78. The van der Waals surface area contributed by atoms with Gasteiger partial charge in [-0.15, -0.1) is 0 Å². The van der Waals surface area contributed by atoms with Crippen LogP contribution in [0.25, 0.3) is 0 Å². The van der Waals surface area contributed by atoms with E-state index in [0.29, 0.717) is 6.54 Å². The minimum atomic E-state index is 0.0198. The Labute approximate surface area is 106 Å². The molecule has 1 heterocycles. The van der Waals surface area contributed by atoms with Crippen molar-refractivity contribution < 1.29 is 4.79 Å². The van der Waals surface area contributed by atoms with Crippen LogP contribution in [0, 0.1) is 11.8 Å². The average molecular weight is 240 g/mol. The highest BCUT2D eigenvalue weighted by Gasteiger charge is 2.24.